The zero-order valence-corrected chi connectivity index (χ0v) is 16.7. The van der Waals surface area contributed by atoms with Crippen LogP contribution in [0.2, 0.25) is 0 Å². The van der Waals surface area contributed by atoms with Crippen LogP contribution < -0.4 is 15.0 Å². The average molecular weight is 393 g/mol. The topological polar surface area (TPSA) is 61.9 Å². The molecule has 2 unspecified atom stereocenters. The van der Waals surface area contributed by atoms with Crippen LogP contribution in [0.5, 0.6) is 5.75 Å². The van der Waals surface area contributed by atoms with E-state index in [4.69, 9.17) is 4.74 Å². The van der Waals surface area contributed by atoms with Crippen molar-refractivity contribution >= 4 is 17.5 Å². The van der Waals surface area contributed by atoms with Crippen molar-refractivity contribution in [1.82, 2.24) is 10.2 Å². The lowest BCUT2D eigenvalue weighted by molar-refractivity contribution is -0.135. The van der Waals surface area contributed by atoms with Crippen molar-refractivity contribution in [3.05, 3.63) is 60.2 Å². The third-order valence-electron chi connectivity index (χ3n) is 5.78. The van der Waals surface area contributed by atoms with Gasteiger partial charge in [-0.1, -0.05) is 30.3 Å². The van der Waals surface area contributed by atoms with Crippen LogP contribution in [0.4, 0.5) is 5.69 Å². The molecule has 152 valence electrons. The van der Waals surface area contributed by atoms with Gasteiger partial charge in [-0.2, -0.15) is 0 Å². The zero-order chi connectivity index (χ0) is 20.2. The van der Waals surface area contributed by atoms with Gasteiger partial charge in [-0.15, -0.1) is 0 Å². The number of rotatable bonds is 6. The van der Waals surface area contributed by atoms with Crippen LogP contribution in [0.15, 0.2) is 54.6 Å². The third kappa shape index (κ3) is 4.53. The molecule has 2 amide bonds. The van der Waals surface area contributed by atoms with Crippen molar-refractivity contribution < 1.29 is 14.3 Å². The Morgan fingerprint density at radius 1 is 0.966 bits per heavy atom. The molecular weight excluding hydrogens is 366 g/mol. The molecule has 2 aromatic rings. The van der Waals surface area contributed by atoms with E-state index in [-0.39, 0.29) is 23.7 Å². The third-order valence-corrected chi connectivity index (χ3v) is 5.78. The van der Waals surface area contributed by atoms with Crippen LogP contribution in [-0.4, -0.2) is 50.0 Å². The zero-order valence-electron chi connectivity index (χ0n) is 16.7. The molecule has 1 saturated heterocycles. The largest absolute Gasteiger partial charge is 0.497 e. The maximum Gasteiger partial charge on any atom is 0.226 e. The Hall–Kier alpha value is -3.02. The van der Waals surface area contributed by atoms with Crippen molar-refractivity contribution in [2.45, 2.75) is 13.0 Å². The minimum atomic E-state index is -0.175. The number of nitrogens with zero attached hydrogens (tertiary/aromatic N) is 2. The monoisotopic (exact) mass is 393 g/mol. The van der Waals surface area contributed by atoms with Crippen LogP contribution in [0, 0.1) is 11.8 Å². The summed E-state index contributed by atoms with van der Waals surface area (Å²) in [5.41, 5.74) is 2.21. The number of hydrogen-bond donors (Lipinski definition) is 1. The highest BCUT2D eigenvalue weighted by molar-refractivity contribution is 5.92. The number of benzene rings is 2. The Balaban J connectivity index is 1.23. The fraction of sp³-hybridized carbons (Fsp3) is 0.391. The van der Waals surface area contributed by atoms with Gasteiger partial charge in [0.05, 0.1) is 18.9 Å². The maximum atomic E-state index is 12.8. The first-order valence-electron chi connectivity index (χ1n) is 10.1. The summed E-state index contributed by atoms with van der Waals surface area (Å²) < 4.78 is 5.21. The van der Waals surface area contributed by atoms with Gasteiger partial charge in [-0.05, 0) is 36.2 Å². The highest BCUT2D eigenvalue weighted by Gasteiger charge is 2.49. The Kier molecular flexibility index (Phi) is 5.69. The van der Waals surface area contributed by atoms with E-state index in [0.29, 0.717) is 26.1 Å². The van der Waals surface area contributed by atoms with E-state index in [1.807, 2.05) is 59.5 Å². The molecule has 6 nitrogen and oxygen atoms in total. The van der Waals surface area contributed by atoms with Gasteiger partial charge < -0.3 is 19.9 Å². The van der Waals surface area contributed by atoms with Gasteiger partial charge in [-0.3, -0.25) is 9.59 Å². The van der Waals surface area contributed by atoms with E-state index >= 15 is 0 Å². The maximum absolute atomic E-state index is 12.8. The molecule has 1 aliphatic heterocycles. The Bertz CT molecular complexity index is 845. The molecule has 0 spiro atoms. The molecule has 6 heteroatoms. The van der Waals surface area contributed by atoms with Crippen LogP contribution in [0.1, 0.15) is 12.0 Å². The summed E-state index contributed by atoms with van der Waals surface area (Å²) in [6.45, 7) is 3.50. The predicted octanol–water partition coefficient (Wildman–Crippen LogP) is 2.30. The number of piperazine rings is 1. The summed E-state index contributed by atoms with van der Waals surface area (Å²) in [5.74, 6) is 0.625. The standard InChI is InChI=1S/C23H27N3O3/c1-29-19-9-7-18(8-10-19)25-11-13-26(14-12-25)23(28)21-15-20(21)22(27)24-16-17-5-3-2-4-6-17/h2-10,20-21H,11-16H2,1H3,(H,24,27). The molecule has 29 heavy (non-hydrogen) atoms. The van der Waals surface area contributed by atoms with Crippen molar-refractivity contribution in [2.24, 2.45) is 11.8 Å². The molecular formula is C23H27N3O3. The molecule has 1 heterocycles. The molecule has 4 rings (SSSR count). The number of nitrogens with one attached hydrogen (secondary N) is 1. The molecule has 0 radical (unpaired) electrons. The molecule has 1 N–H and O–H groups in total. The molecule has 2 atom stereocenters. The van der Waals surface area contributed by atoms with Gasteiger partial charge in [0, 0.05) is 38.4 Å². The highest BCUT2D eigenvalue weighted by atomic mass is 16.5. The van der Waals surface area contributed by atoms with E-state index in [9.17, 15) is 9.59 Å². The summed E-state index contributed by atoms with van der Waals surface area (Å²) in [6, 6.07) is 17.8. The summed E-state index contributed by atoms with van der Waals surface area (Å²) in [4.78, 5) is 29.3. The molecule has 0 bridgehead atoms. The lowest BCUT2D eigenvalue weighted by atomic mass is 10.2. The molecule has 1 aliphatic carbocycles. The minimum Gasteiger partial charge on any atom is -0.497 e. The Morgan fingerprint density at radius 2 is 1.66 bits per heavy atom. The van der Waals surface area contributed by atoms with Crippen molar-refractivity contribution in [2.75, 3.05) is 38.2 Å². The van der Waals surface area contributed by atoms with E-state index < -0.39 is 0 Å². The van der Waals surface area contributed by atoms with E-state index in [1.165, 1.54) is 0 Å². The summed E-state index contributed by atoms with van der Waals surface area (Å²) in [6.07, 6.45) is 0.665. The van der Waals surface area contributed by atoms with Crippen LogP contribution in [0.3, 0.4) is 0 Å². The van der Waals surface area contributed by atoms with Crippen molar-refractivity contribution in [1.29, 1.82) is 0 Å². The quantitative estimate of drug-likeness (QED) is 0.818. The van der Waals surface area contributed by atoms with Gasteiger partial charge in [0.25, 0.3) is 0 Å². The van der Waals surface area contributed by atoms with Gasteiger partial charge in [0.15, 0.2) is 0 Å². The number of hydrogen-bond acceptors (Lipinski definition) is 4. The van der Waals surface area contributed by atoms with Crippen molar-refractivity contribution in [3.63, 3.8) is 0 Å². The first kappa shape index (κ1) is 19.3. The lowest BCUT2D eigenvalue weighted by Gasteiger charge is -2.36. The summed E-state index contributed by atoms with van der Waals surface area (Å²) in [7, 11) is 1.66. The molecule has 2 aromatic carbocycles. The number of amides is 2. The smallest absolute Gasteiger partial charge is 0.226 e. The average Bonchev–Trinajstić information content (AvgIpc) is 3.59. The summed E-state index contributed by atoms with van der Waals surface area (Å²) >= 11 is 0. The summed E-state index contributed by atoms with van der Waals surface area (Å²) in [5, 5.41) is 2.96. The molecule has 2 aliphatic rings. The minimum absolute atomic E-state index is 0.0101. The Morgan fingerprint density at radius 3 is 2.31 bits per heavy atom. The van der Waals surface area contributed by atoms with Crippen LogP contribution >= 0.6 is 0 Å². The van der Waals surface area contributed by atoms with Gasteiger partial charge in [0.1, 0.15) is 5.75 Å². The second-order valence-corrected chi connectivity index (χ2v) is 7.66. The normalized spacial score (nSPS) is 20.9. The predicted molar refractivity (Wildman–Crippen MR) is 112 cm³/mol. The Labute approximate surface area is 171 Å². The number of ether oxygens (including phenoxy) is 1. The number of carbonyl (C=O) groups is 2. The first-order valence-corrected chi connectivity index (χ1v) is 10.1. The van der Waals surface area contributed by atoms with Crippen LogP contribution in [0.25, 0.3) is 0 Å². The lowest BCUT2D eigenvalue weighted by Crippen LogP contribution is -2.49. The molecule has 0 aromatic heterocycles. The van der Waals surface area contributed by atoms with E-state index in [1.54, 1.807) is 7.11 Å². The number of carbonyl (C=O) groups excluding carboxylic acids is 2. The fourth-order valence-corrected chi connectivity index (χ4v) is 3.89. The van der Waals surface area contributed by atoms with Crippen LogP contribution in [-0.2, 0) is 16.1 Å². The fourth-order valence-electron chi connectivity index (χ4n) is 3.89. The SMILES string of the molecule is COc1ccc(N2CCN(C(=O)C3CC3C(=O)NCc3ccccc3)CC2)cc1. The molecule has 1 saturated carbocycles. The van der Waals surface area contributed by atoms with Gasteiger partial charge in [-0.25, -0.2) is 0 Å². The highest BCUT2D eigenvalue weighted by Crippen LogP contribution is 2.40. The van der Waals surface area contributed by atoms with Gasteiger partial charge >= 0.3 is 0 Å². The second kappa shape index (κ2) is 8.55. The first-order chi connectivity index (χ1) is 14.2. The number of anilines is 1. The van der Waals surface area contributed by atoms with E-state index in [0.717, 1.165) is 30.1 Å². The molecule has 2 fully saturated rings. The van der Waals surface area contributed by atoms with Gasteiger partial charge in [0.2, 0.25) is 11.8 Å². The van der Waals surface area contributed by atoms with Crippen molar-refractivity contribution in [3.8, 4) is 5.75 Å². The second-order valence-electron chi connectivity index (χ2n) is 7.66. The van der Waals surface area contributed by atoms with E-state index in [2.05, 4.69) is 10.2 Å². The number of methoxy groups -OCH3 is 1.